The molecule has 2 N–H and O–H groups in total. The van der Waals surface area contributed by atoms with Crippen LogP contribution >= 0.6 is 0 Å². The van der Waals surface area contributed by atoms with Crippen molar-refractivity contribution in [2.24, 2.45) is 0 Å². The van der Waals surface area contributed by atoms with Crippen LogP contribution < -0.4 is 5.32 Å². The van der Waals surface area contributed by atoms with E-state index < -0.39 is 18.3 Å². The van der Waals surface area contributed by atoms with Crippen LogP contribution in [0.3, 0.4) is 0 Å². The summed E-state index contributed by atoms with van der Waals surface area (Å²) in [4.78, 5) is 0. The van der Waals surface area contributed by atoms with Crippen molar-refractivity contribution < 1.29 is 18.3 Å². The van der Waals surface area contributed by atoms with Crippen molar-refractivity contribution in [1.82, 2.24) is 0 Å². The number of aryl methyl sites for hydroxylation is 1. The Labute approximate surface area is 97.5 Å². The van der Waals surface area contributed by atoms with E-state index in [0.717, 1.165) is 11.1 Å². The van der Waals surface area contributed by atoms with Crippen LogP contribution in [0, 0.1) is 0 Å². The SMILES string of the molecule is CCc1cccc2c1NC(C(F)(F)F)C(O)C2. The lowest BCUT2D eigenvalue weighted by Crippen LogP contribution is -2.49. The molecule has 0 bridgehead atoms. The Morgan fingerprint density at radius 1 is 1.41 bits per heavy atom. The topological polar surface area (TPSA) is 32.3 Å². The maximum atomic E-state index is 12.7. The van der Waals surface area contributed by atoms with E-state index in [-0.39, 0.29) is 6.42 Å². The molecule has 1 aromatic carbocycles. The first-order chi connectivity index (χ1) is 7.93. The van der Waals surface area contributed by atoms with Crippen molar-refractivity contribution in [2.45, 2.75) is 38.1 Å². The van der Waals surface area contributed by atoms with Crippen molar-refractivity contribution in [3.8, 4) is 0 Å². The number of anilines is 1. The highest BCUT2D eigenvalue weighted by Crippen LogP contribution is 2.35. The zero-order valence-electron chi connectivity index (χ0n) is 9.38. The number of nitrogens with one attached hydrogen (secondary N) is 1. The molecule has 94 valence electrons. The molecule has 2 rings (SSSR count). The molecule has 1 aromatic rings. The summed E-state index contributed by atoms with van der Waals surface area (Å²) in [5.41, 5.74) is 2.13. The predicted molar refractivity (Wildman–Crippen MR) is 59.0 cm³/mol. The summed E-state index contributed by atoms with van der Waals surface area (Å²) in [5.74, 6) is 0. The van der Waals surface area contributed by atoms with Crippen molar-refractivity contribution in [3.63, 3.8) is 0 Å². The lowest BCUT2D eigenvalue weighted by Gasteiger charge is -2.34. The Morgan fingerprint density at radius 3 is 2.71 bits per heavy atom. The van der Waals surface area contributed by atoms with Gasteiger partial charge in [-0.05, 0) is 17.5 Å². The molecular formula is C12H14F3NO. The second-order valence-electron chi connectivity index (χ2n) is 4.24. The van der Waals surface area contributed by atoms with Crippen LogP contribution in [0.1, 0.15) is 18.1 Å². The quantitative estimate of drug-likeness (QED) is 0.796. The molecule has 1 heterocycles. The molecular weight excluding hydrogens is 231 g/mol. The summed E-state index contributed by atoms with van der Waals surface area (Å²) >= 11 is 0. The van der Waals surface area contributed by atoms with Crippen molar-refractivity contribution >= 4 is 5.69 Å². The zero-order valence-corrected chi connectivity index (χ0v) is 9.38. The minimum Gasteiger partial charge on any atom is -0.390 e. The van der Waals surface area contributed by atoms with Gasteiger partial charge in [-0.3, -0.25) is 0 Å². The lowest BCUT2D eigenvalue weighted by atomic mass is 9.92. The number of para-hydroxylation sites is 1. The Hall–Kier alpha value is -1.23. The van der Waals surface area contributed by atoms with Crippen LogP contribution in [0.4, 0.5) is 18.9 Å². The number of halogens is 3. The molecule has 1 aliphatic heterocycles. The normalized spacial score (nSPS) is 24.1. The molecule has 0 saturated carbocycles. The first kappa shape index (κ1) is 12.2. The molecule has 0 radical (unpaired) electrons. The van der Waals surface area contributed by atoms with Crippen molar-refractivity contribution in [1.29, 1.82) is 0 Å². The highest BCUT2D eigenvalue weighted by Gasteiger charge is 2.46. The minimum atomic E-state index is -4.43. The Bertz CT molecular complexity index is 417. The summed E-state index contributed by atoms with van der Waals surface area (Å²) in [6.07, 6.45) is -5.15. The van der Waals surface area contributed by atoms with E-state index in [2.05, 4.69) is 5.32 Å². The molecule has 0 amide bonds. The molecule has 2 nitrogen and oxygen atoms in total. The summed E-state index contributed by atoms with van der Waals surface area (Å²) in [6.45, 7) is 1.89. The summed E-state index contributed by atoms with van der Waals surface area (Å²) < 4.78 is 38.1. The third kappa shape index (κ3) is 2.24. The molecule has 0 saturated heterocycles. The molecule has 2 unspecified atom stereocenters. The monoisotopic (exact) mass is 245 g/mol. The van der Waals surface area contributed by atoms with Gasteiger partial charge < -0.3 is 10.4 Å². The number of benzene rings is 1. The van der Waals surface area contributed by atoms with Gasteiger partial charge in [0.1, 0.15) is 6.04 Å². The fourth-order valence-corrected chi connectivity index (χ4v) is 2.20. The fraction of sp³-hybridized carbons (Fsp3) is 0.500. The summed E-state index contributed by atoms with van der Waals surface area (Å²) in [5, 5.41) is 12.0. The van der Waals surface area contributed by atoms with Gasteiger partial charge in [0.05, 0.1) is 6.10 Å². The largest absolute Gasteiger partial charge is 0.411 e. The van der Waals surface area contributed by atoms with E-state index in [1.165, 1.54) is 0 Å². The standard InChI is InChI=1S/C12H14F3NO/c1-2-7-4-3-5-8-6-9(17)11(12(13,14)15)16-10(7)8/h3-5,9,11,16-17H,2,6H2,1H3. The van der Waals surface area contributed by atoms with Gasteiger partial charge in [0.15, 0.2) is 0 Å². The van der Waals surface area contributed by atoms with Crippen LogP contribution in [-0.2, 0) is 12.8 Å². The predicted octanol–water partition coefficient (Wildman–Crippen LogP) is 2.51. The highest BCUT2D eigenvalue weighted by atomic mass is 19.4. The number of alkyl halides is 3. The van der Waals surface area contributed by atoms with Gasteiger partial charge in [-0.1, -0.05) is 25.1 Å². The van der Waals surface area contributed by atoms with Crippen LogP contribution in [0.2, 0.25) is 0 Å². The smallest absolute Gasteiger partial charge is 0.390 e. The van der Waals surface area contributed by atoms with Gasteiger partial charge >= 0.3 is 6.18 Å². The molecule has 0 aliphatic carbocycles. The zero-order chi connectivity index (χ0) is 12.6. The maximum absolute atomic E-state index is 12.7. The van der Waals surface area contributed by atoms with E-state index in [1.54, 1.807) is 18.2 Å². The van der Waals surface area contributed by atoms with Crippen LogP contribution in [0.15, 0.2) is 18.2 Å². The first-order valence-electron chi connectivity index (χ1n) is 5.55. The maximum Gasteiger partial charge on any atom is 0.411 e. The molecule has 0 fully saturated rings. The second-order valence-corrected chi connectivity index (χ2v) is 4.24. The molecule has 1 aliphatic rings. The number of rotatable bonds is 1. The first-order valence-corrected chi connectivity index (χ1v) is 5.55. The number of hydrogen-bond donors (Lipinski definition) is 2. The van der Waals surface area contributed by atoms with Gasteiger partial charge in [0, 0.05) is 12.1 Å². The van der Waals surface area contributed by atoms with Crippen molar-refractivity contribution in [3.05, 3.63) is 29.3 Å². The van der Waals surface area contributed by atoms with Gasteiger partial charge in [-0.15, -0.1) is 0 Å². The van der Waals surface area contributed by atoms with E-state index in [4.69, 9.17) is 0 Å². The van der Waals surface area contributed by atoms with Crippen LogP contribution in [0.5, 0.6) is 0 Å². The third-order valence-corrected chi connectivity index (χ3v) is 3.08. The fourth-order valence-electron chi connectivity index (χ4n) is 2.20. The van der Waals surface area contributed by atoms with E-state index in [9.17, 15) is 18.3 Å². The van der Waals surface area contributed by atoms with Gasteiger partial charge in [0.25, 0.3) is 0 Å². The molecule has 0 aromatic heterocycles. The summed E-state index contributed by atoms with van der Waals surface area (Å²) in [7, 11) is 0. The van der Waals surface area contributed by atoms with Gasteiger partial charge in [0.2, 0.25) is 0 Å². The van der Waals surface area contributed by atoms with E-state index in [0.29, 0.717) is 12.1 Å². The van der Waals surface area contributed by atoms with Crippen molar-refractivity contribution in [2.75, 3.05) is 5.32 Å². The van der Waals surface area contributed by atoms with Crippen LogP contribution in [-0.4, -0.2) is 23.4 Å². The molecule has 2 atom stereocenters. The Kier molecular flexibility index (Phi) is 3.03. The van der Waals surface area contributed by atoms with Crippen LogP contribution in [0.25, 0.3) is 0 Å². The molecule has 17 heavy (non-hydrogen) atoms. The lowest BCUT2D eigenvalue weighted by molar-refractivity contribution is -0.163. The number of aliphatic hydroxyl groups excluding tert-OH is 1. The average Bonchev–Trinajstić information content (AvgIpc) is 2.25. The van der Waals surface area contributed by atoms with Gasteiger partial charge in [-0.2, -0.15) is 13.2 Å². The highest BCUT2D eigenvalue weighted by molar-refractivity contribution is 5.60. The van der Waals surface area contributed by atoms with E-state index in [1.807, 2.05) is 6.92 Å². The average molecular weight is 245 g/mol. The third-order valence-electron chi connectivity index (χ3n) is 3.08. The second kappa shape index (κ2) is 4.22. The Balaban J connectivity index is 2.38. The summed E-state index contributed by atoms with van der Waals surface area (Å²) in [6, 6.07) is 3.48. The number of fused-ring (bicyclic) bond motifs is 1. The van der Waals surface area contributed by atoms with E-state index >= 15 is 0 Å². The van der Waals surface area contributed by atoms with Gasteiger partial charge in [-0.25, -0.2) is 0 Å². The number of aliphatic hydroxyl groups is 1. The number of hydrogen-bond acceptors (Lipinski definition) is 2. The molecule has 0 spiro atoms. The molecule has 5 heteroatoms. The Morgan fingerprint density at radius 2 is 2.12 bits per heavy atom. The minimum absolute atomic E-state index is 0.0420.